The van der Waals surface area contributed by atoms with Gasteiger partial charge in [0.05, 0.1) is 6.42 Å². The van der Waals surface area contributed by atoms with Crippen LogP contribution in [0.2, 0.25) is 10.0 Å². The van der Waals surface area contributed by atoms with E-state index in [4.69, 9.17) is 23.2 Å². The number of benzene rings is 2. The molecule has 0 aliphatic heterocycles. The number of rotatable bonds is 9. The van der Waals surface area contributed by atoms with Crippen molar-refractivity contribution in [2.24, 2.45) is 5.92 Å². The third-order valence-corrected chi connectivity index (χ3v) is 5.28. The molecular weight excluding hydrogens is 426 g/mol. The van der Waals surface area contributed by atoms with Crippen LogP contribution < -0.4 is 5.32 Å². The van der Waals surface area contributed by atoms with Crippen molar-refractivity contribution in [3.63, 3.8) is 0 Å². The Kier molecular flexibility index (Phi) is 9.12. The summed E-state index contributed by atoms with van der Waals surface area (Å²) in [6.45, 7) is 6.57. The molecule has 0 aliphatic rings. The minimum absolute atomic E-state index is 0.0550. The van der Waals surface area contributed by atoms with Crippen LogP contribution in [-0.4, -0.2) is 29.3 Å². The second-order valence-electron chi connectivity index (χ2n) is 7.62. The van der Waals surface area contributed by atoms with Gasteiger partial charge >= 0.3 is 0 Å². The predicted molar refractivity (Wildman–Crippen MR) is 119 cm³/mol. The lowest BCUT2D eigenvalue weighted by atomic mass is 10.1. The van der Waals surface area contributed by atoms with Gasteiger partial charge in [0.25, 0.3) is 0 Å². The lowest BCUT2D eigenvalue weighted by molar-refractivity contribution is -0.141. The van der Waals surface area contributed by atoms with Gasteiger partial charge in [-0.15, -0.1) is 0 Å². The number of nitrogens with zero attached hydrogens (tertiary/aromatic N) is 1. The summed E-state index contributed by atoms with van der Waals surface area (Å²) in [6, 6.07) is 10.2. The molecule has 0 aromatic heterocycles. The van der Waals surface area contributed by atoms with E-state index in [0.717, 1.165) is 0 Å². The first-order chi connectivity index (χ1) is 14.2. The van der Waals surface area contributed by atoms with Crippen molar-refractivity contribution < 1.29 is 14.0 Å². The van der Waals surface area contributed by atoms with E-state index in [0.29, 0.717) is 40.1 Å². The fourth-order valence-electron chi connectivity index (χ4n) is 3.05. The largest absolute Gasteiger partial charge is 0.354 e. The average molecular weight is 453 g/mol. The van der Waals surface area contributed by atoms with Gasteiger partial charge in [-0.2, -0.15) is 0 Å². The van der Waals surface area contributed by atoms with Crippen LogP contribution in [0.15, 0.2) is 42.5 Å². The van der Waals surface area contributed by atoms with Crippen molar-refractivity contribution in [3.05, 3.63) is 69.5 Å². The summed E-state index contributed by atoms with van der Waals surface area (Å²) in [5, 5.41) is 3.84. The van der Waals surface area contributed by atoms with Gasteiger partial charge in [-0.05, 0) is 47.7 Å². The molecule has 1 atom stereocenters. The number of halogens is 3. The molecule has 2 aromatic carbocycles. The minimum Gasteiger partial charge on any atom is -0.354 e. The molecule has 0 heterocycles. The first-order valence-corrected chi connectivity index (χ1v) is 10.7. The Labute approximate surface area is 187 Å². The highest BCUT2D eigenvalue weighted by molar-refractivity contribution is 6.35. The molecule has 2 amide bonds. The molecule has 0 bridgehead atoms. The maximum absolute atomic E-state index is 13.2. The van der Waals surface area contributed by atoms with Crippen molar-refractivity contribution in [2.75, 3.05) is 6.54 Å². The fraction of sp³-hybridized carbons (Fsp3) is 0.391. The van der Waals surface area contributed by atoms with Gasteiger partial charge in [-0.25, -0.2) is 4.39 Å². The smallest absolute Gasteiger partial charge is 0.242 e. The van der Waals surface area contributed by atoms with Crippen molar-refractivity contribution in [1.29, 1.82) is 0 Å². The maximum atomic E-state index is 13.2. The molecule has 162 valence electrons. The molecule has 0 saturated heterocycles. The summed E-state index contributed by atoms with van der Waals surface area (Å²) in [7, 11) is 0. The zero-order chi connectivity index (χ0) is 22.3. The molecule has 0 aliphatic carbocycles. The van der Waals surface area contributed by atoms with E-state index in [1.807, 2.05) is 20.8 Å². The summed E-state index contributed by atoms with van der Waals surface area (Å²) in [4.78, 5) is 27.6. The Morgan fingerprint density at radius 1 is 1.10 bits per heavy atom. The molecule has 30 heavy (non-hydrogen) atoms. The third-order valence-electron chi connectivity index (χ3n) is 4.69. The molecular formula is C23H27Cl2FN2O2. The zero-order valence-electron chi connectivity index (χ0n) is 17.4. The van der Waals surface area contributed by atoms with E-state index >= 15 is 0 Å². The topological polar surface area (TPSA) is 49.4 Å². The number of carbonyl (C=O) groups is 2. The summed E-state index contributed by atoms with van der Waals surface area (Å²) in [5.41, 5.74) is 1.37. The molecule has 2 aromatic rings. The monoisotopic (exact) mass is 452 g/mol. The first-order valence-electron chi connectivity index (χ1n) is 9.96. The van der Waals surface area contributed by atoms with Crippen LogP contribution in [0, 0.1) is 11.7 Å². The fourth-order valence-corrected chi connectivity index (χ4v) is 3.52. The Hall–Kier alpha value is -2.11. The van der Waals surface area contributed by atoms with Gasteiger partial charge in [0.15, 0.2) is 0 Å². The van der Waals surface area contributed by atoms with Gasteiger partial charge in [0.1, 0.15) is 11.9 Å². The Bertz CT molecular complexity index is 872. The van der Waals surface area contributed by atoms with E-state index in [-0.39, 0.29) is 30.6 Å². The van der Waals surface area contributed by atoms with Crippen molar-refractivity contribution in [1.82, 2.24) is 10.2 Å². The minimum atomic E-state index is -0.650. The van der Waals surface area contributed by atoms with Crippen LogP contribution in [0.3, 0.4) is 0 Å². The van der Waals surface area contributed by atoms with Crippen LogP contribution in [0.1, 0.15) is 38.3 Å². The van der Waals surface area contributed by atoms with E-state index in [9.17, 15) is 14.0 Å². The quantitative estimate of drug-likeness (QED) is 0.564. The van der Waals surface area contributed by atoms with Gasteiger partial charge in [-0.1, -0.05) is 62.2 Å². The highest BCUT2D eigenvalue weighted by atomic mass is 35.5. The van der Waals surface area contributed by atoms with E-state index in [2.05, 4.69) is 5.32 Å². The lowest BCUT2D eigenvalue weighted by Gasteiger charge is -2.31. The molecule has 1 unspecified atom stereocenters. The molecule has 0 saturated carbocycles. The Balaban J connectivity index is 2.30. The highest BCUT2D eigenvalue weighted by Gasteiger charge is 2.29. The lowest BCUT2D eigenvalue weighted by Crippen LogP contribution is -2.50. The average Bonchev–Trinajstić information content (AvgIpc) is 2.69. The standard InChI is InChI=1S/C23H27Cl2FN2O2/c1-4-21(23(30)27-13-15(2)3)28(14-17-7-8-18(24)12-20(17)25)22(29)11-16-5-9-19(26)10-6-16/h5-10,12,15,21H,4,11,13-14H2,1-3H3,(H,27,30). The highest BCUT2D eigenvalue weighted by Crippen LogP contribution is 2.24. The van der Waals surface area contributed by atoms with Crippen molar-refractivity contribution in [3.8, 4) is 0 Å². The molecule has 7 heteroatoms. The first kappa shape index (κ1) is 24.2. The van der Waals surface area contributed by atoms with Crippen LogP contribution in [0.4, 0.5) is 4.39 Å². The Morgan fingerprint density at radius 3 is 2.33 bits per heavy atom. The summed E-state index contributed by atoms with van der Waals surface area (Å²) in [6.07, 6.45) is 0.504. The van der Waals surface area contributed by atoms with Crippen LogP contribution in [0.5, 0.6) is 0 Å². The molecule has 0 radical (unpaired) electrons. The maximum Gasteiger partial charge on any atom is 0.242 e. The van der Waals surface area contributed by atoms with Crippen LogP contribution in [-0.2, 0) is 22.6 Å². The summed E-state index contributed by atoms with van der Waals surface area (Å²) >= 11 is 12.3. The van der Waals surface area contributed by atoms with E-state index < -0.39 is 6.04 Å². The van der Waals surface area contributed by atoms with E-state index in [1.54, 1.807) is 30.3 Å². The molecule has 0 spiro atoms. The predicted octanol–water partition coefficient (Wildman–Crippen LogP) is 5.25. The third kappa shape index (κ3) is 6.99. The van der Waals surface area contributed by atoms with Gasteiger partial charge in [0, 0.05) is 23.1 Å². The van der Waals surface area contributed by atoms with Crippen LogP contribution in [0.25, 0.3) is 0 Å². The van der Waals surface area contributed by atoms with Gasteiger partial charge < -0.3 is 10.2 Å². The number of hydrogen-bond acceptors (Lipinski definition) is 2. The van der Waals surface area contributed by atoms with E-state index in [1.165, 1.54) is 17.0 Å². The molecule has 0 fully saturated rings. The van der Waals surface area contributed by atoms with Crippen LogP contribution >= 0.6 is 23.2 Å². The van der Waals surface area contributed by atoms with Gasteiger partial charge in [-0.3, -0.25) is 9.59 Å². The number of amides is 2. The molecule has 2 rings (SSSR count). The van der Waals surface area contributed by atoms with Crippen molar-refractivity contribution >= 4 is 35.0 Å². The second kappa shape index (κ2) is 11.3. The number of nitrogens with one attached hydrogen (secondary N) is 1. The number of carbonyl (C=O) groups excluding carboxylic acids is 2. The summed E-state index contributed by atoms with van der Waals surface area (Å²) < 4.78 is 13.2. The van der Waals surface area contributed by atoms with Crippen molar-refractivity contribution in [2.45, 2.75) is 46.2 Å². The zero-order valence-corrected chi connectivity index (χ0v) is 18.9. The molecule has 1 N–H and O–H groups in total. The SMILES string of the molecule is CCC(C(=O)NCC(C)C)N(Cc1ccc(Cl)cc1Cl)C(=O)Cc1ccc(F)cc1. The normalized spacial score (nSPS) is 12.0. The Morgan fingerprint density at radius 2 is 1.77 bits per heavy atom. The second-order valence-corrected chi connectivity index (χ2v) is 8.47. The summed E-state index contributed by atoms with van der Waals surface area (Å²) in [5.74, 6) is -0.515. The van der Waals surface area contributed by atoms with Gasteiger partial charge in [0.2, 0.25) is 11.8 Å². The molecule has 4 nitrogen and oxygen atoms in total. The number of hydrogen-bond donors (Lipinski definition) is 1.